The number of fused-ring (bicyclic) bond motifs is 1. The number of anilines is 1. The van der Waals surface area contributed by atoms with E-state index in [4.69, 9.17) is 21.1 Å². The van der Waals surface area contributed by atoms with Gasteiger partial charge >= 0.3 is 0 Å². The van der Waals surface area contributed by atoms with Crippen molar-refractivity contribution in [3.63, 3.8) is 0 Å². The zero-order valence-corrected chi connectivity index (χ0v) is 27.9. The van der Waals surface area contributed by atoms with Crippen LogP contribution < -0.4 is 19.7 Å². The lowest BCUT2D eigenvalue weighted by Crippen LogP contribution is -2.52. The van der Waals surface area contributed by atoms with E-state index < -0.39 is 16.5 Å². The van der Waals surface area contributed by atoms with Crippen molar-refractivity contribution in [2.45, 2.75) is 75.8 Å². The van der Waals surface area contributed by atoms with Gasteiger partial charge in [0.15, 0.2) is 11.0 Å². The highest BCUT2D eigenvalue weighted by atomic mass is 35.5. The number of halogens is 1. The fourth-order valence-electron chi connectivity index (χ4n) is 5.53. The highest BCUT2D eigenvalue weighted by molar-refractivity contribution is 7.83. The van der Waals surface area contributed by atoms with Gasteiger partial charge in [-0.05, 0) is 74.1 Å². The van der Waals surface area contributed by atoms with Crippen LogP contribution in [0.2, 0.25) is 5.02 Å². The zero-order valence-electron chi connectivity index (χ0n) is 26.3. The monoisotopic (exact) mass is 629 g/mol. The molecule has 0 spiro atoms. The maximum Gasteiger partial charge on any atom is 0.251 e. The van der Waals surface area contributed by atoms with Crippen molar-refractivity contribution in [1.82, 2.24) is 10.0 Å². The summed E-state index contributed by atoms with van der Waals surface area (Å²) in [5.74, 6) is 0.771. The summed E-state index contributed by atoms with van der Waals surface area (Å²) in [5.41, 5.74) is 2.43. The van der Waals surface area contributed by atoms with Gasteiger partial charge in [0.25, 0.3) is 5.91 Å². The molecule has 0 aromatic heterocycles. The summed E-state index contributed by atoms with van der Waals surface area (Å²) >= 11 is 6.39. The second-order valence-corrected chi connectivity index (χ2v) is 13.2. The third-order valence-electron chi connectivity index (χ3n) is 8.13. The van der Waals surface area contributed by atoms with E-state index in [2.05, 4.69) is 54.1 Å². The van der Waals surface area contributed by atoms with Crippen LogP contribution in [0.1, 0.15) is 64.0 Å². The van der Waals surface area contributed by atoms with Crippen molar-refractivity contribution in [3.8, 4) is 5.75 Å². The molecule has 0 aliphatic carbocycles. The van der Waals surface area contributed by atoms with E-state index in [0.29, 0.717) is 30.5 Å². The van der Waals surface area contributed by atoms with Crippen LogP contribution in [0.3, 0.4) is 0 Å². The highest BCUT2D eigenvalue weighted by Crippen LogP contribution is 2.38. The number of hydrogen-bond acceptors (Lipinski definition) is 6. The molecule has 1 aliphatic heterocycles. The van der Waals surface area contributed by atoms with Crippen molar-refractivity contribution >= 4 is 34.2 Å². The van der Waals surface area contributed by atoms with E-state index in [1.54, 1.807) is 33.1 Å². The molecule has 0 bridgehead atoms. The van der Waals surface area contributed by atoms with Crippen LogP contribution in [0.4, 0.5) is 5.69 Å². The van der Waals surface area contributed by atoms with E-state index in [9.17, 15) is 9.00 Å². The summed E-state index contributed by atoms with van der Waals surface area (Å²) < 4.78 is 28.2. The first kappa shape index (κ1) is 34.8. The largest absolute Gasteiger partial charge is 0.491 e. The van der Waals surface area contributed by atoms with Crippen molar-refractivity contribution in [3.05, 3.63) is 77.9 Å². The lowest BCUT2D eigenvalue weighted by molar-refractivity contribution is -0.124. The third kappa shape index (κ3) is 9.17. The fourth-order valence-corrected chi connectivity index (χ4v) is 6.68. The van der Waals surface area contributed by atoms with Crippen LogP contribution in [-0.2, 0) is 26.9 Å². The number of nitrogens with one attached hydrogen (secondary N) is 2. The molecule has 0 radical (unpaired) electrons. The molecule has 0 saturated heterocycles. The minimum absolute atomic E-state index is 0.0389. The van der Waals surface area contributed by atoms with Gasteiger partial charge in [0.05, 0.1) is 28.8 Å². The van der Waals surface area contributed by atoms with Crippen LogP contribution in [0.5, 0.6) is 5.75 Å². The maximum absolute atomic E-state index is 13.4. The SMILES string of the molecule is C=CCNC(C)(C)C(=O)NS(=O)c1ccc2c(c1)N(CCC(CC)C(C=C)OC)CC(c1ccc(Cl)cc1CCC)CO2. The first-order chi connectivity index (χ1) is 20.6. The number of aryl methyl sites for hydroxylation is 1. The zero-order chi connectivity index (χ0) is 31.6. The number of benzene rings is 2. The van der Waals surface area contributed by atoms with E-state index in [-0.39, 0.29) is 17.9 Å². The van der Waals surface area contributed by atoms with E-state index >= 15 is 0 Å². The summed E-state index contributed by atoms with van der Waals surface area (Å²) in [5, 5.41) is 3.84. The van der Waals surface area contributed by atoms with Gasteiger partial charge in [-0.2, -0.15) is 0 Å². The number of carbonyl (C=O) groups excluding carboxylic acids is 1. The van der Waals surface area contributed by atoms with Gasteiger partial charge in [-0.3, -0.25) is 9.52 Å². The molecule has 1 heterocycles. The molecule has 1 aliphatic rings. The van der Waals surface area contributed by atoms with Gasteiger partial charge in [0, 0.05) is 37.7 Å². The van der Waals surface area contributed by atoms with Crippen molar-refractivity contribution < 1.29 is 18.5 Å². The Morgan fingerprint density at radius 3 is 2.67 bits per heavy atom. The predicted molar refractivity (Wildman–Crippen MR) is 179 cm³/mol. The summed E-state index contributed by atoms with van der Waals surface area (Å²) in [6.07, 6.45) is 7.30. The average Bonchev–Trinajstić information content (AvgIpc) is 3.17. The Balaban J connectivity index is 1.95. The Morgan fingerprint density at radius 2 is 2.02 bits per heavy atom. The van der Waals surface area contributed by atoms with E-state index in [0.717, 1.165) is 48.7 Å². The lowest BCUT2D eigenvalue weighted by atomic mass is 9.91. The molecular weight excluding hydrogens is 582 g/mol. The Hall–Kier alpha value is -2.65. The molecule has 9 heteroatoms. The smallest absolute Gasteiger partial charge is 0.251 e. The molecule has 3 rings (SSSR count). The van der Waals surface area contributed by atoms with Gasteiger partial charge in [0.2, 0.25) is 0 Å². The molecule has 43 heavy (non-hydrogen) atoms. The van der Waals surface area contributed by atoms with Crippen LogP contribution in [-0.4, -0.2) is 55.1 Å². The molecular formula is C34H48ClN3O4S. The molecule has 2 aromatic rings. The summed E-state index contributed by atoms with van der Waals surface area (Å²) in [6.45, 7) is 17.9. The first-order valence-electron chi connectivity index (χ1n) is 15.1. The minimum Gasteiger partial charge on any atom is -0.491 e. The lowest BCUT2D eigenvalue weighted by Gasteiger charge is -2.31. The number of methoxy groups -OCH3 is 1. The van der Waals surface area contributed by atoms with Gasteiger partial charge in [0.1, 0.15) is 5.75 Å². The predicted octanol–water partition coefficient (Wildman–Crippen LogP) is 6.59. The topological polar surface area (TPSA) is 79.9 Å². The molecule has 1 amide bonds. The second kappa shape index (κ2) is 16.4. The van der Waals surface area contributed by atoms with Crippen molar-refractivity contribution in [1.29, 1.82) is 0 Å². The number of carbonyl (C=O) groups is 1. The van der Waals surface area contributed by atoms with Gasteiger partial charge in [-0.25, -0.2) is 4.21 Å². The number of hydrogen-bond donors (Lipinski definition) is 2. The summed E-state index contributed by atoms with van der Waals surface area (Å²) in [4.78, 5) is 15.8. The summed E-state index contributed by atoms with van der Waals surface area (Å²) in [7, 11) is -0.0357. The Morgan fingerprint density at radius 1 is 1.26 bits per heavy atom. The Bertz CT molecular complexity index is 1280. The second-order valence-electron chi connectivity index (χ2n) is 11.6. The molecule has 4 unspecified atom stereocenters. The number of ether oxygens (including phenoxy) is 2. The number of rotatable bonds is 16. The van der Waals surface area contributed by atoms with Crippen molar-refractivity contribution in [2.24, 2.45) is 5.92 Å². The minimum atomic E-state index is -1.76. The quantitative estimate of drug-likeness (QED) is 0.204. The average molecular weight is 630 g/mol. The molecule has 7 nitrogen and oxygen atoms in total. The molecule has 0 saturated carbocycles. The van der Waals surface area contributed by atoms with Crippen LogP contribution >= 0.6 is 11.6 Å². The van der Waals surface area contributed by atoms with Crippen LogP contribution in [0, 0.1) is 5.92 Å². The third-order valence-corrected chi connectivity index (χ3v) is 9.42. The first-order valence-corrected chi connectivity index (χ1v) is 16.6. The van der Waals surface area contributed by atoms with E-state index in [1.807, 2.05) is 24.3 Å². The molecule has 0 fully saturated rings. The fraction of sp³-hybridized carbons (Fsp3) is 0.500. The maximum atomic E-state index is 13.4. The van der Waals surface area contributed by atoms with Gasteiger partial charge in [-0.1, -0.05) is 56.5 Å². The standard InChI is InChI=1S/C34H48ClN3O4S/c1-8-12-25-20-27(35)13-15-29(25)26-22-38(19-17-24(10-3)31(11-4)41-7)30-21-28(14-16-32(30)42-23-26)43(40)37-33(39)34(5,6)36-18-9-2/h9,11,13-16,20-21,24,26,31,36H,2,4,8,10,12,17-19,22-23H2,1,3,5-7H3,(H,37,39). The van der Waals surface area contributed by atoms with Gasteiger partial charge < -0.3 is 19.7 Å². The summed E-state index contributed by atoms with van der Waals surface area (Å²) in [6, 6.07) is 11.7. The molecule has 2 aromatic carbocycles. The van der Waals surface area contributed by atoms with Gasteiger partial charge in [-0.15, -0.1) is 13.2 Å². The Kier molecular flexibility index (Phi) is 13.3. The number of amides is 1. The normalized spacial score (nSPS) is 17.2. The van der Waals surface area contributed by atoms with Crippen molar-refractivity contribution in [2.75, 3.05) is 38.3 Å². The highest BCUT2D eigenvalue weighted by Gasteiger charge is 2.30. The Labute approximate surface area is 265 Å². The van der Waals surface area contributed by atoms with Crippen LogP contribution in [0.25, 0.3) is 0 Å². The molecule has 4 atom stereocenters. The van der Waals surface area contributed by atoms with E-state index in [1.165, 1.54) is 11.1 Å². The number of nitrogens with zero attached hydrogens (tertiary/aromatic N) is 1. The van der Waals surface area contributed by atoms with Crippen LogP contribution in [0.15, 0.2) is 66.6 Å². The molecule has 236 valence electrons. The molecule has 2 N–H and O–H groups in total.